The lowest BCUT2D eigenvalue weighted by molar-refractivity contribution is 0.195. The third-order valence-electron chi connectivity index (χ3n) is 4.09. The van der Waals surface area contributed by atoms with Crippen molar-refractivity contribution in [3.63, 3.8) is 0 Å². The Morgan fingerprint density at radius 3 is 2.89 bits per heavy atom. The maximum absolute atomic E-state index is 6.45. The van der Waals surface area contributed by atoms with Gasteiger partial charge in [-0.15, -0.1) is 0 Å². The van der Waals surface area contributed by atoms with Gasteiger partial charge >= 0.3 is 0 Å². The first kappa shape index (κ1) is 14.5. The Bertz CT molecular complexity index is 389. The maximum Gasteiger partial charge on any atom is 0.0522 e. The Morgan fingerprint density at radius 1 is 1.42 bits per heavy atom. The summed E-state index contributed by atoms with van der Waals surface area (Å²) >= 11 is 0. The van der Waals surface area contributed by atoms with Gasteiger partial charge in [-0.3, -0.25) is 4.68 Å². The highest BCUT2D eigenvalue weighted by Gasteiger charge is 2.26. The molecule has 2 atom stereocenters. The summed E-state index contributed by atoms with van der Waals surface area (Å²) in [6, 6.07) is 0.595. The molecule has 1 fully saturated rings. The quantitative estimate of drug-likeness (QED) is 0.856. The van der Waals surface area contributed by atoms with E-state index in [2.05, 4.69) is 42.1 Å². The van der Waals surface area contributed by atoms with E-state index in [4.69, 9.17) is 5.73 Å². The average molecular weight is 265 g/mol. The predicted octanol–water partition coefficient (Wildman–Crippen LogP) is 0.409. The topological polar surface area (TPSA) is 50.3 Å². The van der Waals surface area contributed by atoms with Crippen molar-refractivity contribution in [2.75, 3.05) is 33.7 Å². The van der Waals surface area contributed by atoms with Gasteiger partial charge in [-0.05, 0) is 52.5 Å². The molecular formula is C14H27N5. The van der Waals surface area contributed by atoms with Crippen LogP contribution in [0.1, 0.15) is 18.9 Å². The standard InChI is InChI=1S/C14H27N5/c1-4-19-10-12(9-16-19)8-13(15)14-11-17(2)6-5-7-18(14)3/h9-10,13-14H,4-8,11,15H2,1-3H3. The molecule has 1 aromatic rings. The number of likely N-dealkylation sites (N-methyl/N-ethyl adjacent to an activating group) is 2. The Kier molecular flexibility index (Phi) is 4.96. The molecular weight excluding hydrogens is 238 g/mol. The Morgan fingerprint density at radius 2 is 2.21 bits per heavy atom. The molecule has 0 spiro atoms. The maximum atomic E-state index is 6.45. The van der Waals surface area contributed by atoms with Crippen molar-refractivity contribution >= 4 is 0 Å². The van der Waals surface area contributed by atoms with Gasteiger partial charge < -0.3 is 15.5 Å². The zero-order valence-corrected chi connectivity index (χ0v) is 12.4. The fraction of sp³-hybridized carbons (Fsp3) is 0.786. The molecule has 0 bridgehead atoms. The van der Waals surface area contributed by atoms with Gasteiger partial charge in [-0.1, -0.05) is 0 Å². The Labute approximate surface area is 116 Å². The van der Waals surface area contributed by atoms with Crippen LogP contribution in [0.3, 0.4) is 0 Å². The SMILES string of the molecule is CCn1cc(CC(N)C2CN(C)CCCN2C)cn1. The highest BCUT2D eigenvalue weighted by Crippen LogP contribution is 2.13. The van der Waals surface area contributed by atoms with E-state index in [0.717, 1.165) is 26.1 Å². The lowest BCUT2D eigenvalue weighted by Crippen LogP contribution is -2.51. The van der Waals surface area contributed by atoms with Crippen LogP contribution in [0.15, 0.2) is 12.4 Å². The highest BCUT2D eigenvalue weighted by molar-refractivity contribution is 5.07. The molecule has 19 heavy (non-hydrogen) atoms. The summed E-state index contributed by atoms with van der Waals surface area (Å²) in [5.41, 5.74) is 7.69. The summed E-state index contributed by atoms with van der Waals surface area (Å²) in [5.74, 6) is 0. The number of nitrogens with two attached hydrogens (primary N) is 1. The second-order valence-electron chi connectivity index (χ2n) is 5.74. The van der Waals surface area contributed by atoms with E-state index in [-0.39, 0.29) is 6.04 Å². The molecule has 1 aliphatic rings. The first-order chi connectivity index (χ1) is 9.10. The van der Waals surface area contributed by atoms with Crippen LogP contribution in [0.25, 0.3) is 0 Å². The smallest absolute Gasteiger partial charge is 0.0522 e. The second kappa shape index (κ2) is 6.50. The number of aryl methyl sites for hydroxylation is 1. The number of rotatable bonds is 4. The van der Waals surface area contributed by atoms with Crippen LogP contribution in [0, 0.1) is 0 Å². The van der Waals surface area contributed by atoms with Crippen molar-refractivity contribution in [3.05, 3.63) is 18.0 Å². The Balaban J connectivity index is 1.98. The van der Waals surface area contributed by atoms with E-state index in [1.807, 2.05) is 10.9 Å². The molecule has 2 N–H and O–H groups in total. The lowest BCUT2D eigenvalue weighted by atomic mass is 10.0. The number of hydrogen-bond donors (Lipinski definition) is 1. The second-order valence-corrected chi connectivity index (χ2v) is 5.74. The highest BCUT2D eigenvalue weighted by atomic mass is 15.3. The molecule has 0 amide bonds. The molecule has 1 aliphatic heterocycles. The van der Waals surface area contributed by atoms with Gasteiger partial charge in [-0.2, -0.15) is 5.10 Å². The van der Waals surface area contributed by atoms with E-state index in [1.54, 1.807) is 0 Å². The summed E-state index contributed by atoms with van der Waals surface area (Å²) in [5, 5.41) is 4.32. The van der Waals surface area contributed by atoms with Crippen LogP contribution in [0.5, 0.6) is 0 Å². The van der Waals surface area contributed by atoms with E-state index in [9.17, 15) is 0 Å². The third-order valence-corrected chi connectivity index (χ3v) is 4.09. The minimum atomic E-state index is 0.167. The fourth-order valence-electron chi connectivity index (χ4n) is 2.86. The molecule has 0 aromatic carbocycles. The molecule has 0 aliphatic carbocycles. The van der Waals surface area contributed by atoms with Crippen molar-refractivity contribution in [2.45, 2.75) is 38.4 Å². The molecule has 1 saturated heterocycles. The molecule has 1 aromatic heterocycles. The zero-order valence-electron chi connectivity index (χ0n) is 12.4. The van der Waals surface area contributed by atoms with Crippen molar-refractivity contribution in [2.24, 2.45) is 5.73 Å². The molecule has 2 rings (SSSR count). The van der Waals surface area contributed by atoms with Gasteiger partial charge in [0.1, 0.15) is 0 Å². The van der Waals surface area contributed by atoms with Gasteiger partial charge in [0.15, 0.2) is 0 Å². The molecule has 2 heterocycles. The van der Waals surface area contributed by atoms with Crippen LogP contribution in [0.4, 0.5) is 0 Å². The van der Waals surface area contributed by atoms with E-state index < -0.39 is 0 Å². The number of nitrogens with zero attached hydrogens (tertiary/aromatic N) is 4. The monoisotopic (exact) mass is 265 g/mol. The van der Waals surface area contributed by atoms with Gasteiger partial charge in [0.05, 0.1) is 6.20 Å². The van der Waals surface area contributed by atoms with Gasteiger partial charge in [0.2, 0.25) is 0 Å². The van der Waals surface area contributed by atoms with E-state index in [0.29, 0.717) is 6.04 Å². The van der Waals surface area contributed by atoms with Crippen LogP contribution >= 0.6 is 0 Å². The fourth-order valence-corrected chi connectivity index (χ4v) is 2.86. The molecule has 2 unspecified atom stereocenters. The van der Waals surface area contributed by atoms with Gasteiger partial charge in [-0.25, -0.2) is 0 Å². The molecule has 5 heteroatoms. The molecule has 5 nitrogen and oxygen atoms in total. The van der Waals surface area contributed by atoms with Crippen molar-refractivity contribution in [3.8, 4) is 0 Å². The summed E-state index contributed by atoms with van der Waals surface area (Å²) < 4.78 is 1.96. The first-order valence-electron chi connectivity index (χ1n) is 7.26. The summed E-state index contributed by atoms with van der Waals surface area (Å²) in [6.07, 6.45) is 6.19. The van der Waals surface area contributed by atoms with E-state index >= 15 is 0 Å². The minimum Gasteiger partial charge on any atom is -0.326 e. The number of hydrogen-bond acceptors (Lipinski definition) is 4. The molecule has 0 saturated carbocycles. The zero-order chi connectivity index (χ0) is 13.8. The average Bonchev–Trinajstić information content (AvgIpc) is 2.75. The van der Waals surface area contributed by atoms with Crippen molar-refractivity contribution in [1.82, 2.24) is 19.6 Å². The molecule has 108 valence electrons. The Hall–Kier alpha value is -0.910. The molecule has 0 radical (unpaired) electrons. The normalized spacial score (nSPS) is 24.3. The lowest BCUT2D eigenvalue weighted by Gasteiger charge is -2.32. The van der Waals surface area contributed by atoms with Crippen LogP contribution in [-0.2, 0) is 13.0 Å². The van der Waals surface area contributed by atoms with Gasteiger partial charge in [0.25, 0.3) is 0 Å². The van der Waals surface area contributed by atoms with Crippen LogP contribution < -0.4 is 5.73 Å². The summed E-state index contributed by atoms with van der Waals surface area (Å²) in [6.45, 7) is 6.38. The van der Waals surface area contributed by atoms with Crippen molar-refractivity contribution in [1.29, 1.82) is 0 Å². The van der Waals surface area contributed by atoms with Crippen LogP contribution in [0.2, 0.25) is 0 Å². The first-order valence-corrected chi connectivity index (χ1v) is 7.26. The number of aromatic nitrogens is 2. The van der Waals surface area contributed by atoms with Crippen LogP contribution in [-0.4, -0.2) is 65.4 Å². The largest absolute Gasteiger partial charge is 0.326 e. The summed E-state index contributed by atoms with van der Waals surface area (Å²) in [7, 11) is 4.38. The van der Waals surface area contributed by atoms with E-state index in [1.165, 1.54) is 18.5 Å². The van der Waals surface area contributed by atoms with Crippen molar-refractivity contribution < 1.29 is 0 Å². The predicted molar refractivity (Wildman–Crippen MR) is 78.1 cm³/mol. The third kappa shape index (κ3) is 3.78. The minimum absolute atomic E-state index is 0.167. The summed E-state index contributed by atoms with van der Waals surface area (Å²) in [4.78, 5) is 4.81. The van der Waals surface area contributed by atoms with Gasteiger partial charge in [0, 0.05) is 31.4 Å².